The zero-order valence-corrected chi connectivity index (χ0v) is 14.1. The van der Waals surface area contributed by atoms with E-state index in [-0.39, 0.29) is 17.3 Å². The molecule has 5 nitrogen and oxygen atoms in total. The van der Waals surface area contributed by atoms with Gasteiger partial charge in [-0.2, -0.15) is 0 Å². The van der Waals surface area contributed by atoms with E-state index < -0.39 is 0 Å². The first kappa shape index (κ1) is 15.1. The summed E-state index contributed by atoms with van der Waals surface area (Å²) in [7, 11) is 0. The largest absolute Gasteiger partial charge is 0.350 e. The average molecular weight is 325 g/mol. The van der Waals surface area contributed by atoms with Crippen molar-refractivity contribution in [1.82, 2.24) is 19.5 Å². The molecule has 0 bridgehead atoms. The van der Waals surface area contributed by atoms with Crippen molar-refractivity contribution < 1.29 is 4.39 Å². The highest BCUT2D eigenvalue weighted by Gasteiger charge is 2.35. The van der Waals surface area contributed by atoms with E-state index in [4.69, 9.17) is 4.98 Å². The third-order valence-corrected chi connectivity index (χ3v) is 4.44. The highest BCUT2D eigenvalue weighted by atomic mass is 19.1. The van der Waals surface area contributed by atoms with Crippen LogP contribution >= 0.6 is 0 Å². The molecule has 0 aliphatic carbocycles. The van der Waals surface area contributed by atoms with Crippen molar-refractivity contribution in [2.24, 2.45) is 0 Å². The number of hydrogen-bond acceptors (Lipinski definition) is 4. The number of halogens is 1. The molecule has 1 saturated heterocycles. The zero-order chi connectivity index (χ0) is 16.9. The summed E-state index contributed by atoms with van der Waals surface area (Å²) >= 11 is 0. The van der Waals surface area contributed by atoms with Crippen molar-refractivity contribution in [3.63, 3.8) is 0 Å². The fraction of sp³-hybridized carbons (Fsp3) is 0.389. The first-order chi connectivity index (χ1) is 11.4. The van der Waals surface area contributed by atoms with Crippen LogP contribution in [-0.2, 0) is 5.41 Å². The lowest BCUT2D eigenvalue weighted by atomic mass is 9.94. The van der Waals surface area contributed by atoms with Gasteiger partial charge in [0, 0.05) is 18.5 Å². The minimum absolute atomic E-state index is 0.0559. The molecule has 6 heteroatoms. The molecule has 124 valence electrons. The van der Waals surface area contributed by atoms with Crippen LogP contribution in [-0.4, -0.2) is 32.6 Å². The molecular formula is C18H20FN5. The molecule has 3 heterocycles. The molecule has 1 aliphatic heterocycles. The monoisotopic (exact) mass is 325 g/mol. The lowest BCUT2D eigenvalue weighted by Crippen LogP contribution is -2.49. The molecule has 24 heavy (non-hydrogen) atoms. The third-order valence-electron chi connectivity index (χ3n) is 4.44. The minimum atomic E-state index is -0.373. The quantitative estimate of drug-likeness (QED) is 0.725. The summed E-state index contributed by atoms with van der Waals surface area (Å²) in [6.45, 7) is 7.95. The van der Waals surface area contributed by atoms with E-state index in [2.05, 4.69) is 41.4 Å². The van der Waals surface area contributed by atoms with Gasteiger partial charge in [0.15, 0.2) is 11.6 Å². The summed E-state index contributed by atoms with van der Waals surface area (Å²) in [4.78, 5) is 14.6. The maximum absolute atomic E-state index is 13.9. The molecule has 0 spiro atoms. The average Bonchev–Trinajstić information content (AvgIpc) is 2.88. The van der Waals surface area contributed by atoms with Gasteiger partial charge in [-0.25, -0.2) is 19.3 Å². The molecule has 1 fully saturated rings. The van der Waals surface area contributed by atoms with Gasteiger partial charge in [0.1, 0.15) is 12.2 Å². The van der Waals surface area contributed by atoms with Gasteiger partial charge in [0.25, 0.3) is 0 Å². The second-order valence-electron chi connectivity index (χ2n) is 7.30. The predicted molar refractivity (Wildman–Crippen MR) is 91.7 cm³/mol. The van der Waals surface area contributed by atoms with Crippen LogP contribution in [0.2, 0.25) is 0 Å². The van der Waals surface area contributed by atoms with Gasteiger partial charge in [0.05, 0.1) is 23.3 Å². The lowest BCUT2D eigenvalue weighted by molar-refractivity contribution is 0.367. The standard InChI is InChI=1S/C18H20FN5/c1-18(2,3)17-22-14-6-4-5-7-15(14)24(17)12-9-23(10-12)16-13(19)8-20-11-21-16/h4-8,11-12H,9-10H2,1-3H3. The SMILES string of the molecule is CC(C)(C)c1nc2ccccc2n1C1CN(c2ncncc2F)C1. The van der Waals surface area contributed by atoms with Crippen molar-refractivity contribution in [1.29, 1.82) is 0 Å². The van der Waals surface area contributed by atoms with Crippen LogP contribution in [0, 0.1) is 5.82 Å². The van der Waals surface area contributed by atoms with Gasteiger partial charge in [0.2, 0.25) is 0 Å². The van der Waals surface area contributed by atoms with E-state index in [1.165, 1.54) is 12.5 Å². The third kappa shape index (κ3) is 2.33. The second kappa shape index (κ2) is 5.26. The normalized spacial score (nSPS) is 15.8. The van der Waals surface area contributed by atoms with Crippen LogP contribution in [0.5, 0.6) is 0 Å². The molecule has 1 aromatic carbocycles. The van der Waals surface area contributed by atoms with E-state index in [0.29, 0.717) is 5.82 Å². The number of fused-ring (bicyclic) bond motifs is 1. The Hall–Kier alpha value is -2.50. The number of imidazole rings is 1. The van der Waals surface area contributed by atoms with Gasteiger partial charge < -0.3 is 9.47 Å². The van der Waals surface area contributed by atoms with Crippen LogP contribution in [0.15, 0.2) is 36.8 Å². The number of aromatic nitrogens is 4. The summed E-state index contributed by atoms with van der Waals surface area (Å²) in [5.74, 6) is 1.07. The fourth-order valence-electron chi connectivity index (χ4n) is 3.27. The Balaban J connectivity index is 1.70. The molecule has 0 amide bonds. The first-order valence-electron chi connectivity index (χ1n) is 8.13. The minimum Gasteiger partial charge on any atom is -0.350 e. The molecule has 0 saturated carbocycles. The molecule has 0 atom stereocenters. The van der Waals surface area contributed by atoms with E-state index >= 15 is 0 Å². The summed E-state index contributed by atoms with van der Waals surface area (Å²) in [5.41, 5.74) is 2.09. The van der Waals surface area contributed by atoms with E-state index in [9.17, 15) is 4.39 Å². The number of anilines is 1. The molecule has 0 radical (unpaired) electrons. The van der Waals surface area contributed by atoms with Crippen LogP contribution in [0.1, 0.15) is 32.6 Å². The lowest BCUT2D eigenvalue weighted by Gasteiger charge is -2.42. The molecular weight excluding hydrogens is 305 g/mol. The van der Waals surface area contributed by atoms with Gasteiger partial charge in [-0.15, -0.1) is 0 Å². The molecule has 0 N–H and O–H groups in total. The van der Waals surface area contributed by atoms with Crippen LogP contribution < -0.4 is 4.90 Å². The number of para-hydroxylation sites is 2. The Bertz CT molecular complexity index is 890. The number of nitrogens with zero attached hydrogens (tertiary/aromatic N) is 5. The summed E-state index contributed by atoms with van der Waals surface area (Å²) < 4.78 is 16.2. The van der Waals surface area contributed by atoms with Crippen molar-refractivity contribution in [3.8, 4) is 0 Å². The Morgan fingerprint density at radius 1 is 1.17 bits per heavy atom. The molecule has 4 rings (SSSR count). The Morgan fingerprint density at radius 2 is 1.92 bits per heavy atom. The summed E-state index contributed by atoms with van der Waals surface area (Å²) in [6, 6.07) is 8.46. The van der Waals surface area contributed by atoms with Gasteiger partial charge in [-0.05, 0) is 12.1 Å². The van der Waals surface area contributed by atoms with Crippen molar-refractivity contribution in [3.05, 3.63) is 48.4 Å². The summed E-state index contributed by atoms with van der Waals surface area (Å²) in [5, 5.41) is 0. The van der Waals surface area contributed by atoms with E-state index in [1.807, 2.05) is 23.1 Å². The predicted octanol–water partition coefficient (Wildman–Crippen LogP) is 3.32. The molecule has 2 aromatic heterocycles. The summed E-state index contributed by atoms with van der Waals surface area (Å²) in [6.07, 6.45) is 2.60. The van der Waals surface area contributed by atoms with Crippen LogP contribution in [0.25, 0.3) is 11.0 Å². The molecule has 3 aromatic rings. The van der Waals surface area contributed by atoms with Gasteiger partial charge >= 0.3 is 0 Å². The Morgan fingerprint density at radius 3 is 2.62 bits per heavy atom. The highest BCUT2D eigenvalue weighted by Crippen LogP contribution is 2.35. The highest BCUT2D eigenvalue weighted by molar-refractivity contribution is 5.76. The van der Waals surface area contributed by atoms with Crippen LogP contribution in [0.3, 0.4) is 0 Å². The van der Waals surface area contributed by atoms with Gasteiger partial charge in [-0.3, -0.25) is 0 Å². The number of rotatable bonds is 2. The first-order valence-corrected chi connectivity index (χ1v) is 8.13. The number of benzene rings is 1. The van der Waals surface area contributed by atoms with Crippen molar-refractivity contribution >= 4 is 16.9 Å². The number of hydrogen-bond donors (Lipinski definition) is 0. The smallest absolute Gasteiger partial charge is 0.183 e. The van der Waals surface area contributed by atoms with Crippen molar-refractivity contribution in [2.75, 3.05) is 18.0 Å². The van der Waals surface area contributed by atoms with E-state index in [0.717, 1.165) is 29.9 Å². The fourth-order valence-corrected chi connectivity index (χ4v) is 3.27. The maximum Gasteiger partial charge on any atom is 0.183 e. The topological polar surface area (TPSA) is 46.8 Å². The molecule has 1 aliphatic rings. The van der Waals surface area contributed by atoms with Crippen molar-refractivity contribution in [2.45, 2.75) is 32.2 Å². The Kier molecular flexibility index (Phi) is 3.30. The maximum atomic E-state index is 13.9. The zero-order valence-electron chi connectivity index (χ0n) is 14.1. The molecule has 0 unspecified atom stereocenters. The van der Waals surface area contributed by atoms with Crippen LogP contribution in [0.4, 0.5) is 10.2 Å². The second-order valence-corrected chi connectivity index (χ2v) is 7.30. The van der Waals surface area contributed by atoms with E-state index in [1.54, 1.807) is 0 Å². The van der Waals surface area contributed by atoms with Gasteiger partial charge in [-0.1, -0.05) is 32.9 Å². The Labute approximate surface area is 140 Å².